The molecule has 0 bridgehead atoms. The third kappa shape index (κ3) is 3.26. The van der Waals surface area contributed by atoms with Gasteiger partial charge in [-0.3, -0.25) is 4.79 Å². The predicted molar refractivity (Wildman–Crippen MR) is 91.1 cm³/mol. The van der Waals surface area contributed by atoms with Crippen LogP contribution in [0.3, 0.4) is 0 Å². The first kappa shape index (κ1) is 15.3. The molecule has 0 unspecified atom stereocenters. The van der Waals surface area contributed by atoms with E-state index >= 15 is 0 Å². The Kier molecular flexibility index (Phi) is 4.15. The number of aromatic nitrogens is 1. The SMILES string of the molecule is CC(C)c1ccccc1NC(=O)Cn1ccc2cc(F)ccc21. The fourth-order valence-corrected chi connectivity index (χ4v) is 2.77. The first-order valence-corrected chi connectivity index (χ1v) is 7.68. The summed E-state index contributed by atoms with van der Waals surface area (Å²) in [5.74, 6) is -0.0348. The molecule has 1 aromatic heterocycles. The lowest BCUT2D eigenvalue weighted by molar-refractivity contribution is -0.116. The average molecular weight is 310 g/mol. The van der Waals surface area contributed by atoms with Crippen LogP contribution in [0.4, 0.5) is 10.1 Å². The Morgan fingerprint density at radius 1 is 1.17 bits per heavy atom. The summed E-state index contributed by atoms with van der Waals surface area (Å²) in [5, 5.41) is 3.76. The van der Waals surface area contributed by atoms with Gasteiger partial charge in [0, 0.05) is 22.8 Å². The molecular formula is C19H19FN2O. The van der Waals surface area contributed by atoms with Crippen molar-refractivity contribution in [1.82, 2.24) is 4.57 Å². The van der Waals surface area contributed by atoms with E-state index in [1.165, 1.54) is 12.1 Å². The van der Waals surface area contributed by atoms with Gasteiger partial charge < -0.3 is 9.88 Å². The summed E-state index contributed by atoms with van der Waals surface area (Å²) in [7, 11) is 0. The fraction of sp³-hybridized carbons (Fsp3) is 0.211. The number of carbonyl (C=O) groups excluding carboxylic acids is 1. The molecule has 23 heavy (non-hydrogen) atoms. The Morgan fingerprint density at radius 2 is 1.96 bits per heavy atom. The average Bonchev–Trinajstić information content (AvgIpc) is 2.89. The zero-order valence-corrected chi connectivity index (χ0v) is 13.2. The van der Waals surface area contributed by atoms with Crippen molar-refractivity contribution in [3.8, 4) is 0 Å². The first-order chi connectivity index (χ1) is 11.0. The Hall–Kier alpha value is -2.62. The molecule has 0 atom stereocenters. The van der Waals surface area contributed by atoms with E-state index in [2.05, 4.69) is 19.2 Å². The van der Waals surface area contributed by atoms with Crippen molar-refractivity contribution in [3.63, 3.8) is 0 Å². The van der Waals surface area contributed by atoms with Gasteiger partial charge in [0.15, 0.2) is 0 Å². The summed E-state index contributed by atoms with van der Waals surface area (Å²) in [6.07, 6.45) is 1.80. The molecule has 0 aliphatic heterocycles. The number of nitrogens with zero attached hydrogens (tertiary/aromatic N) is 1. The monoisotopic (exact) mass is 310 g/mol. The molecule has 0 spiro atoms. The molecule has 0 saturated heterocycles. The van der Waals surface area contributed by atoms with Crippen LogP contribution in [0.15, 0.2) is 54.7 Å². The highest BCUT2D eigenvalue weighted by atomic mass is 19.1. The predicted octanol–water partition coefficient (Wildman–Crippen LogP) is 4.54. The fourth-order valence-electron chi connectivity index (χ4n) is 2.77. The third-order valence-corrected chi connectivity index (χ3v) is 3.90. The molecule has 3 aromatic rings. The molecule has 1 N–H and O–H groups in total. The maximum atomic E-state index is 13.2. The molecule has 1 amide bonds. The van der Waals surface area contributed by atoms with Gasteiger partial charge in [0.1, 0.15) is 12.4 Å². The van der Waals surface area contributed by atoms with Gasteiger partial charge in [0.2, 0.25) is 5.91 Å². The zero-order valence-electron chi connectivity index (χ0n) is 13.2. The van der Waals surface area contributed by atoms with Crippen molar-refractivity contribution in [3.05, 3.63) is 66.1 Å². The highest BCUT2D eigenvalue weighted by Gasteiger charge is 2.11. The van der Waals surface area contributed by atoms with Crippen LogP contribution in [0.1, 0.15) is 25.3 Å². The highest BCUT2D eigenvalue weighted by molar-refractivity contribution is 5.92. The van der Waals surface area contributed by atoms with Gasteiger partial charge in [0.05, 0.1) is 0 Å². The molecule has 4 heteroatoms. The lowest BCUT2D eigenvalue weighted by Crippen LogP contribution is -2.19. The highest BCUT2D eigenvalue weighted by Crippen LogP contribution is 2.24. The van der Waals surface area contributed by atoms with E-state index in [9.17, 15) is 9.18 Å². The number of hydrogen-bond acceptors (Lipinski definition) is 1. The Bertz CT molecular complexity index is 851. The second kappa shape index (κ2) is 6.24. The van der Waals surface area contributed by atoms with Crippen LogP contribution in [-0.2, 0) is 11.3 Å². The Balaban J connectivity index is 1.79. The molecule has 0 radical (unpaired) electrons. The number of hydrogen-bond donors (Lipinski definition) is 1. The number of para-hydroxylation sites is 1. The van der Waals surface area contributed by atoms with Crippen LogP contribution >= 0.6 is 0 Å². The number of benzene rings is 2. The summed E-state index contributed by atoms with van der Waals surface area (Å²) in [4.78, 5) is 12.4. The third-order valence-electron chi connectivity index (χ3n) is 3.90. The van der Waals surface area contributed by atoms with Gasteiger partial charge in [-0.1, -0.05) is 32.0 Å². The Morgan fingerprint density at radius 3 is 2.74 bits per heavy atom. The van der Waals surface area contributed by atoms with E-state index in [4.69, 9.17) is 0 Å². The van der Waals surface area contributed by atoms with Gasteiger partial charge in [-0.05, 0) is 41.8 Å². The molecule has 118 valence electrons. The molecule has 0 aliphatic rings. The molecule has 0 saturated carbocycles. The lowest BCUT2D eigenvalue weighted by Gasteiger charge is -2.14. The second-order valence-electron chi connectivity index (χ2n) is 5.94. The number of nitrogens with one attached hydrogen (secondary N) is 1. The molecule has 3 nitrogen and oxygen atoms in total. The van der Waals surface area contributed by atoms with Gasteiger partial charge >= 0.3 is 0 Å². The minimum Gasteiger partial charge on any atom is -0.338 e. The van der Waals surface area contributed by atoms with Gasteiger partial charge in [0.25, 0.3) is 0 Å². The smallest absolute Gasteiger partial charge is 0.244 e. The van der Waals surface area contributed by atoms with Crippen molar-refractivity contribution < 1.29 is 9.18 Å². The summed E-state index contributed by atoms with van der Waals surface area (Å²) in [5.41, 5.74) is 2.80. The van der Waals surface area contributed by atoms with Crippen molar-refractivity contribution in [2.45, 2.75) is 26.3 Å². The second-order valence-corrected chi connectivity index (χ2v) is 5.94. The van der Waals surface area contributed by atoms with E-state index in [0.29, 0.717) is 5.92 Å². The van der Waals surface area contributed by atoms with Crippen molar-refractivity contribution >= 4 is 22.5 Å². The lowest BCUT2D eigenvalue weighted by atomic mass is 10.0. The van der Waals surface area contributed by atoms with Crippen molar-refractivity contribution in [2.75, 3.05) is 5.32 Å². The number of amides is 1. The van der Waals surface area contributed by atoms with Crippen molar-refractivity contribution in [1.29, 1.82) is 0 Å². The van der Waals surface area contributed by atoms with Crippen molar-refractivity contribution in [2.24, 2.45) is 0 Å². The number of carbonyl (C=O) groups is 1. The van der Waals surface area contributed by atoms with Crippen LogP contribution in [0.5, 0.6) is 0 Å². The Labute approximate surface area is 134 Å². The van der Waals surface area contributed by atoms with Crippen LogP contribution in [0.25, 0.3) is 10.9 Å². The minimum atomic E-state index is -0.273. The molecular weight excluding hydrogens is 291 g/mol. The van der Waals surface area contributed by atoms with Gasteiger partial charge in [-0.25, -0.2) is 4.39 Å². The van der Waals surface area contributed by atoms with E-state index in [0.717, 1.165) is 22.2 Å². The maximum absolute atomic E-state index is 13.2. The summed E-state index contributed by atoms with van der Waals surface area (Å²) >= 11 is 0. The van der Waals surface area contributed by atoms with E-state index < -0.39 is 0 Å². The van der Waals surface area contributed by atoms with Gasteiger partial charge in [-0.15, -0.1) is 0 Å². The normalized spacial score (nSPS) is 11.1. The number of fused-ring (bicyclic) bond motifs is 1. The van der Waals surface area contributed by atoms with Crippen LogP contribution in [-0.4, -0.2) is 10.5 Å². The summed E-state index contributed by atoms with van der Waals surface area (Å²) in [6.45, 7) is 4.39. The van der Waals surface area contributed by atoms with Crippen LogP contribution in [0.2, 0.25) is 0 Å². The minimum absolute atomic E-state index is 0.0973. The van der Waals surface area contributed by atoms with E-state index in [1.54, 1.807) is 12.3 Å². The quantitative estimate of drug-likeness (QED) is 0.754. The number of halogens is 1. The standard InChI is InChI=1S/C19H19FN2O/c1-13(2)16-5-3-4-6-17(16)21-19(23)12-22-10-9-14-11-15(20)7-8-18(14)22/h3-11,13H,12H2,1-2H3,(H,21,23). The van der Waals surface area contributed by atoms with Crippen LogP contribution < -0.4 is 5.32 Å². The molecule has 3 rings (SSSR count). The summed E-state index contributed by atoms with van der Waals surface area (Å²) < 4.78 is 15.0. The number of anilines is 1. The molecule has 2 aromatic carbocycles. The van der Waals surface area contributed by atoms with E-state index in [-0.39, 0.29) is 18.3 Å². The maximum Gasteiger partial charge on any atom is 0.244 e. The van der Waals surface area contributed by atoms with Gasteiger partial charge in [-0.2, -0.15) is 0 Å². The topological polar surface area (TPSA) is 34.0 Å². The molecule has 0 aliphatic carbocycles. The summed E-state index contributed by atoms with van der Waals surface area (Å²) in [6, 6.07) is 14.2. The first-order valence-electron chi connectivity index (χ1n) is 7.68. The molecule has 1 heterocycles. The zero-order chi connectivity index (χ0) is 16.4. The number of rotatable bonds is 4. The largest absolute Gasteiger partial charge is 0.338 e. The van der Waals surface area contributed by atoms with E-state index in [1.807, 2.05) is 34.9 Å². The molecule has 0 fully saturated rings. The van der Waals surface area contributed by atoms with Crippen LogP contribution in [0, 0.1) is 5.82 Å².